The zero-order valence-electron chi connectivity index (χ0n) is 9.53. The highest BCUT2D eigenvalue weighted by Gasteiger charge is 2.00. The standard InChI is InChI=1S/C12H18N2O2/c1-2-12(15)16-5-3-4-9-6-10(13)8-11(14)7-9/h6-8H,2-5,13-14H2,1H3. The number of anilines is 2. The Hall–Kier alpha value is -1.71. The Morgan fingerprint density at radius 2 is 1.88 bits per heavy atom. The normalized spacial score (nSPS) is 10.1. The molecule has 0 atom stereocenters. The number of carbonyl (C=O) groups is 1. The topological polar surface area (TPSA) is 78.3 Å². The molecule has 0 spiro atoms. The third kappa shape index (κ3) is 4.21. The number of rotatable bonds is 5. The Morgan fingerprint density at radius 1 is 1.25 bits per heavy atom. The maximum Gasteiger partial charge on any atom is 0.305 e. The van der Waals surface area contributed by atoms with Crippen molar-refractivity contribution in [3.05, 3.63) is 23.8 Å². The highest BCUT2D eigenvalue weighted by atomic mass is 16.5. The van der Waals surface area contributed by atoms with E-state index >= 15 is 0 Å². The van der Waals surface area contributed by atoms with Gasteiger partial charge in [0.15, 0.2) is 0 Å². The van der Waals surface area contributed by atoms with Crippen LogP contribution in [0.4, 0.5) is 11.4 Å². The average molecular weight is 222 g/mol. The van der Waals surface area contributed by atoms with Crippen molar-refractivity contribution in [2.75, 3.05) is 18.1 Å². The van der Waals surface area contributed by atoms with Crippen molar-refractivity contribution in [1.82, 2.24) is 0 Å². The third-order valence-corrected chi connectivity index (χ3v) is 2.20. The molecule has 0 aliphatic carbocycles. The molecule has 4 heteroatoms. The Labute approximate surface area is 95.6 Å². The van der Waals surface area contributed by atoms with Crippen LogP contribution in [0.3, 0.4) is 0 Å². The number of ether oxygens (including phenoxy) is 1. The summed E-state index contributed by atoms with van der Waals surface area (Å²) >= 11 is 0. The quantitative estimate of drug-likeness (QED) is 0.452. The summed E-state index contributed by atoms with van der Waals surface area (Å²) in [5.74, 6) is -0.160. The largest absolute Gasteiger partial charge is 0.466 e. The van der Waals surface area contributed by atoms with Gasteiger partial charge in [-0.2, -0.15) is 0 Å². The van der Waals surface area contributed by atoms with E-state index in [0.29, 0.717) is 24.4 Å². The predicted molar refractivity (Wildman–Crippen MR) is 64.8 cm³/mol. The summed E-state index contributed by atoms with van der Waals surface area (Å²) in [6, 6.07) is 5.50. The smallest absolute Gasteiger partial charge is 0.305 e. The Kier molecular flexibility index (Phi) is 4.64. The van der Waals surface area contributed by atoms with Crippen LogP contribution in [-0.2, 0) is 16.0 Å². The monoisotopic (exact) mass is 222 g/mol. The van der Waals surface area contributed by atoms with E-state index in [4.69, 9.17) is 16.2 Å². The fourth-order valence-electron chi connectivity index (χ4n) is 1.45. The fraction of sp³-hybridized carbons (Fsp3) is 0.417. The van der Waals surface area contributed by atoms with Crippen LogP contribution < -0.4 is 11.5 Å². The minimum Gasteiger partial charge on any atom is -0.466 e. The number of esters is 1. The number of aryl methyl sites for hydroxylation is 1. The van der Waals surface area contributed by atoms with Gasteiger partial charge in [-0.25, -0.2) is 0 Å². The van der Waals surface area contributed by atoms with E-state index in [1.165, 1.54) is 0 Å². The first kappa shape index (κ1) is 12.4. The zero-order valence-corrected chi connectivity index (χ0v) is 9.53. The van der Waals surface area contributed by atoms with Gasteiger partial charge >= 0.3 is 5.97 Å². The number of nitrogens with two attached hydrogens (primary N) is 2. The van der Waals surface area contributed by atoms with E-state index in [0.717, 1.165) is 18.4 Å². The van der Waals surface area contributed by atoms with Gasteiger partial charge < -0.3 is 16.2 Å². The molecule has 1 aromatic carbocycles. The van der Waals surface area contributed by atoms with E-state index in [-0.39, 0.29) is 5.97 Å². The van der Waals surface area contributed by atoms with Crippen LogP contribution in [0.1, 0.15) is 25.3 Å². The number of hydrogen-bond acceptors (Lipinski definition) is 4. The molecule has 4 nitrogen and oxygen atoms in total. The average Bonchev–Trinajstić information content (AvgIpc) is 2.22. The number of carbonyl (C=O) groups excluding carboxylic acids is 1. The second-order valence-electron chi connectivity index (χ2n) is 3.69. The molecule has 0 aliphatic rings. The molecule has 88 valence electrons. The van der Waals surface area contributed by atoms with E-state index in [1.807, 2.05) is 12.1 Å². The fourth-order valence-corrected chi connectivity index (χ4v) is 1.45. The van der Waals surface area contributed by atoms with Gasteiger partial charge in [0.05, 0.1) is 6.61 Å². The summed E-state index contributed by atoms with van der Waals surface area (Å²) in [7, 11) is 0. The molecule has 1 rings (SSSR count). The van der Waals surface area contributed by atoms with Crippen LogP contribution in [-0.4, -0.2) is 12.6 Å². The maximum absolute atomic E-state index is 10.9. The van der Waals surface area contributed by atoms with Gasteiger partial charge in [-0.05, 0) is 36.6 Å². The third-order valence-electron chi connectivity index (χ3n) is 2.20. The first-order valence-electron chi connectivity index (χ1n) is 5.42. The van der Waals surface area contributed by atoms with Crippen LogP contribution in [0.25, 0.3) is 0 Å². The van der Waals surface area contributed by atoms with Crippen molar-refractivity contribution < 1.29 is 9.53 Å². The molecule has 0 aromatic heterocycles. The molecular formula is C12H18N2O2. The number of hydrogen-bond donors (Lipinski definition) is 2. The summed E-state index contributed by atoms with van der Waals surface area (Å²) in [5, 5.41) is 0. The van der Waals surface area contributed by atoms with Gasteiger partial charge in [-0.15, -0.1) is 0 Å². The molecule has 1 aromatic rings. The van der Waals surface area contributed by atoms with Gasteiger partial charge in [-0.3, -0.25) is 4.79 Å². The van der Waals surface area contributed by atoms with Gasteiger partial charge in [-0.1, -0.05) is 6.92 Å². The van der Waals surface area contributed by atoms with Crippen LogP contribution in [0.5, 0.6) is 0 Å². The molecule has 0 aliphatic heterocycles. The summed E-state index contributed by atoms with van der Waals surface area (Å²) < 4.78 is 4.97. The zero-order chi connectivity index (χ0) is 12.0. The lowest BCUT2D eigenvalue weighted by Gasteiger charge is -2.05. The molecule has 0 unspecified atom stereocenters. The van der Waals surface area contributed by atoms with Gasteiger partial charge in [0.1, 0.15) is 0 Å². The first-order valence-corrected chi connectivity index (χ1v) is 5.42. The lowest BCUT2D eigenvalue weighted by Crippen LogP contribution is -2.05. The van der Waals surface area contributed by atoms with E-state index in [2.05, 4.69) is 0 Å². The Bertz CT molecular complexity index is 344. The van der Waals surface area contributed by atoms with Crippen molar-refractivity contribution >= 4 is 17.3 Å². The number of nitrogen functional groups attached to an aromatic ring is 2. The molecule has 16 heavy (non-hydrogen) atoms. The van der Waals surface area contributed by atoms with Crippen molar-refractivity contribution in [3.63, 3.8) is 0 Å². The maximum atomic E-state index is 10.9. The molecule has 0 saturated heterocycles. The molecule has 0 bridgehead atoms. The SMILES string of the molecule is CCC(=O)OCCCc1cc(N)cc(N)c1. The van der Waals surface area contributed by atoms with Gasteiger partial charge in [0.25, 0.3) is 0 Å². The van der Waals surface area contributed by atoms with Gasteiger partial charge in [0.2, 0.25) is 0 Å². The van der Waals surface area contributed by atoms with Crippen molar-refractivity contribution in [3.8, 4) is 0 Å². The summed E-state index contributed by atoms with van der Waals surface area (Å²) in [5.41, 5.74) is 13.7. The second-order valence-corrected chi connectivity index (χ2v) is 3.69. The molecule has 0 amide bonds. The van der Waals surface area contributed by atoms with E-state index in [1.54, 1.807) is 13.0 Å². The molecule has 0 radical (unpaired) electrons. The minimum atomic E-state index is -0.160. The predicted octanol–water partition coefficient (Wildman–Crippen LogP) is 1.74. The van der Waals surface area contributed by atoms with Gasteiger partial charge in [0, 0.05) is 17.8 Å². The lowest BCUT2D eigenvalue weighted by atomic mass is 10.1. The van der Waals surface area contributed by atoms with Crippen molar-refractivity contribution in [2.45, 2.75) is 26.2 Å². The number of benzene rings is 1. The Morgan fingerprint density at radius 3 is 2.44 bits per heavy atom. The first-order chi connectivity index (χ1) is 7.61. The van der Waals surface area contributed by atoms with Crippen molar-refractivity contribution in [2.24, 2.45) is 0 Å². The van der Waals surface area contributed by atoms with E-state index in [9.17, 15) is 4.79 Å². The van der Waals surface area contributed by atoms with Crippen LogP contribution in [0.2, 0.25) is 0 Å². The summed E-state index contributed by atoms with van der Waals surface area (Å²) in [4.78, 5) is 10.9. The molecule has 0 heterocycles. The van der Waals surface area contributed by atoms with Crippen molar-refractivity contribution in [1.29, 1.82) is 0 Å². The highest BCUT2D eigenvalue weighted by molar-refractivity contribution is 5.68. The summed E-state index contributed by atoms with van der Waals surface area (Å²) in [6.45, 7) is 2.22. The second kappa shape index (κ2) is 6.00. The molecular weight excluding hydrogens is 204 g/mol. The minimum absolute atomic E-state index is 0.160. The Balaban J connectivity index is 2.34. The lowest BCUT2D eigenvalue weighted by molar-refractivity contribution is -0.143. The van der Waals surface area contributed by atoms with Crippen LogP contribution >= 0.6 is 0 Å². The molecule has 0 saturated carbocycles. The molecule has 0 fully saturated rings. The van der Waals surface area contributed by atoms with Crippen LogP contribution in [0.15, 0.2) is 18.2 Å². The van der Waals surface area contributed by atoms with E-state index < -0.39 is 0 Å². The summed E-state index contributed by atoms with van der Waals surface area (Å²) in [6.07, 6.45) is 2.02. The highest BCUT2D eigenvalue weighted by Crippen LogP contribution is 2.14. The van der Waals surface area contributed by atoms with Crippen LogP contribution in [0, 0.1) is 0 Å². The molecule has 4 N–H and O–H groups in total.